The quantitative estimate of drug-likeness (QED) is 0.291. The summed E-state index contributed by atoms with van der Waals surface area (Å²) >= 11 is 0. The number of hydrogen-bond donors (Lipinski definition) is 0. The van der Waals surface area contributed by atoms with Crippen LogP contribution in [0.5, 0.6) is 5.75 Å². The summed E-state index contributed by atoms with van der Waals surface area (Å²) < 4.78 is 55.9. The van der Waals surface area contributed by atoms with E-state index in [9.17, 15) is 8.42 Å². The minimum Gasteiger partial charge on any atom is -0.497 e. The first-order valence-corrected chi connectivity index (χ1v) is 15.2. The van der Waals surface area contributed by atoms with Gasteiger partial charge in [-0.2, -0.15) is 0 Å². The van der Waals surface area contributed by atoms with Gasteiger partial charge >= 0.3 is 0 Å². The van der Waals surface area contributed by atoms with E-state index in [1.54, 1.807) is 45.6 Å². The predicted octanol–water partition coefficient (Wildman–Crippen LogP) is 5.69. The zero-order valence-electron chi connectivity index (χ0n) is 24.2. The molecule has 0 bridgehead atoms. The minimum atomic E-state index is -3.43. The monoisotopic (exact) mass is 560 g/mol. The van der Waals surface area contributed by atoms with E-state index in [0.717, 1.165) is 23.3 Å². The van der Waals surface area contributed by atoms with E-state index >= 15 is 0 Å². The number of hydrogen-bond acceptors (Lipinski definition) is 7. The van der Waals surface area contributed by atoms with Crippen molar-refractivity contribution in [2.45, 2.75) is 70.2 Å². The highest BCUT2D eigenvalue weighted by atomic mass is 32.2. The fraction of sp³-hybridized carbons (Fsp3) is 0.548. The highest BCUT2D eigenvalue weighted by molar-refractivity contribution is 7.91. The van der Waals surface area contributed by atoms with Gasteiger partial charge in [-0.15, -0.1) is 0 Å². The summed E-state index contributed by atoms with van der Waals surface area (Å²) in [5.41, 5.74) is 1.89. The number of ether oxygens (including phenoxy) is 5. The van der Waals surface area contributed by atoms with E-state index in [1.165, 1.54) is 0 Å². The van der Waals surface area contributed by atoms with Gasteiger partial charge < -0.3 is 23.7 Å². The summed E-state index contributed by atoms with van der Waals surface area (Å²) in [6.45, 7) is 8.52. The molecule has 216 valence electrons. The molecule has 0 saturated carbocycles. The average molecular weight is 561 g/mol. The first kappa shape index (κ1) is 31.3. The Balaban J connectivity index is 1.87. The van der Waals surface area contributed by atoms with Crippen molar-refractivity contribution in [2.75, 3.05) is 27.1 Å². The van der Waals surface area contributed by atoms with Gasteiger partial charge in [0.15, 0.2) is 16.1 Å². The molecule has 1 aliphatic rings. The summed E-state index contributed by atoms with van der Waals surface area (Å²) in [4.78, 5) is 0.328. The molecule has 0 radical (unpaired) electrons. The Kier molecular flexibility index (Phi) is 11.6. The Morgan fingerprint density at radius 2 is 1.69 bits per heavy atom. The largest absolute Gasteiger partial charge is 0.497 e. The Morgan fingerprint density at radius 3 is 2.28 bits per heavy atom. The van der Waals surface area contributed by atoms with E-state index in [2.05, 4.69) is 13.8 Å². The average Bonchev–Trinajstić information content (AvgIpc) is 2.92. The van der Waals surface area contributed by atoms with Crippen LogP contribution in [0, 0.1) is 17.8 Å². The second kappa shape index (κ2) is 14.4. The molecule has 1 heterocycles. The molecule has 7 atom stereocenters. The number of benzene rings is 2. The lowest BCUT2D eigenvalue weighted by Gasteiger charge is -2.43. The SMILES string of the molecule is COc1ccc(CO[C@H](/C(C)=C/[C@@H](C)CS(=O)(=O)c2ccccc2)[C@@H](OC)[C@@H]2O[C@@H](OC)[C@@H](C)C[C@H]2C)cc1. The van der Waals surface area contributed by atoms with Gasteiger partial charge in [-0.25, -0.2) is 8.42 Å². The molecule has 0 aromatic heterocycles. The molecule has 0 unspecified atom stereocenters. The second-order valence-corrected chi connectivity index (χ2v) is 12.7. The van der Waals surface area contributed by atoms with Crippen LogP contribution in [-0.2, 0) is 35.4 Å². The lowest BCUT2D eigenvalue weighted by Crippen LogP contribution is -2.51. The third-order valence-electron chi connectivity index (χ3n) is 7.36. The van der Waals surface area contributed by atoms with Crippen LogP contribution >= 0.6 is 0 Å². The van der Waals surface area contributed by atoms with E-state index in [1.807, 2.05) is 50.3 Å². The molecule has 1 fully saturated rings. The fourth-order valence-electron chi connectivity index (χ4n) is 5.43. The highest BCUT2D eigenvalue weighted by Gasteiger charge is 2.42. The normalized spacial score (nSPS) is 24.6. The Bertz CT molecular complexity index is 1150. The van der Waals surface area contributed by atoms with Crippen molar-refractivity contribution in [1.82, 2.24) is 0 Å². The van der Waals surface area contributed by atoms with Crippen LogP contribution in [0.2, 0.25) is 0 Å². The van der Waals surface area contributed by atoms with Gasteiger partial charge in [0.2, 0.25) is 0 Å². The molecular formula is C31H44O7S. The summed E-state index contributed by atoms with van der Waals surface area (Å²) in [6.07, 6.45) is 1.45. The predicted molar refractivity (Wildman–Crippen MR) is 152 cm³/mol. The Hall–Kier alpha value is -2.23. The number of sulfone groups is 1. The summed E-state index contributed by atoms with van der Waals surface area (Å²) in [6, 6.07) is 16.3. The maximum Gasteiger partial charge on any atom is 0.178 e. The van der Waals surface area contributed by atoms with Gasteiger partial charge in [-0.1, -0.05) is 57.2 Å². The van der Waals surface area contributed by atoms with E-state index in [0.29, 0.717) is 11.5 Å². The van der Waals surface area contributed by atoms with E-state index in [-0.39, 0.29) is 35.9 Å². The molecule has 7 nitrogen and oxygen atoms in total. The highest BCUT2D eigenvalue weighted by Crippen LogP contribution is 2.35. The van der Waals surface area contributed by atoms with Crippen LogP contribution in [0.4, 0.5) is 0 Å². The molecule has 0 N–H and O–H groups in total. The number of rotatable bonds is 13. The first-order chi connectivity index (χ1) is 18.6. The van der Waals surface area contributed by atoms with Crippen LogP contribution in [-0.4, -0.2) is 60.1 Å². The molecule has 2 aromatic carbocycles. The molecule has 0 aliphatic carbocycles. The van der Waals surface area contributed by atoms with E-state index < -0.39 is 22.0 Å². The maximum absolute atomic E-state index is 13.0. The Morgan fingerprint density at radius 1 is 1.03 bits per heavy atom. The number of allylic oxidation sites excluding steroid dienone is 1. The molecule has 0 spiro atoms. The molecule has 39 heavy (non-hydrogen) atoms. The van der Waals surface area contributed by atoms with E-state index in [4.69, 9.17) is 23.7 Å². The van der Waals surface area contributed by atoms with Crippen LogP contribution in [0.1, 0.15) is 39.7 Å². The molecule has 2 aromatic rings. The summed E-state index contributed by atoms with van der Waals surface area (Å²) in [5, 5.41) is 0. The van der Waals surface area contributed by atoms with Crippen molar-refractivity contribution in [2.24, 2.45) is 17.8 Å². The third-order valence-corrected chi connectivity index (χ3v) is 9.31. The number of methoxy groups -OCH3 is 3. The lowest BCUT2D eigenvalue weighted by molar-refractivity contribution is -0.255. The maximum atomic E-state index is 13.0. The molecule has 8 heteroatoms. The molecular weight excluding hydrogens is 516 g/mol. The zero-order valence-corrected chi connectivity index (χ0v) is 25.0. The molecule has 0 amide bonds. The first-order valence-electron chi connectivity index (χ1n) is 13.5. The van der Waals surface area contributed by atoms with Crippen molar-refractivity contribution in [1.29, 1.82) is 0 Å². The van der Waals surface area contributed by atoms with Crippen LogP contribution < -0.4 is 4.74 Å². The summed E-state index contributed by atoms with van der Waals surface area (Å²) in [7, 11) is 1.53. The minimum absolute atomic E-state index is 0.00318. The fourth-order valence-corrected chi connectivity index (χ4v) is 6.98. The van der Waals surface area contributed by atoms with Crippen LogP contribution in [0.15, 0.2) is 71.1 Å². The third kappa shape index (κ3) is 8.38. The topological polar surface area (TPSA) is 80.3 Å². The van der Waals surface area contributed by atoms with Gasteiger partial charge in [0.05, 0.1) is 30.5 Å². The van der Waals surface area contributed by atoms with Crippen molar-refractivity contribution < 1.29 is 32.1 Å². The molecule has 1 saturated heterocycles. The summed E-state index contributed by atoms with van der Waals surface area (Å²) in [5.74, 6) is 1.01. The van der Waals surface area contributed by atoms with Gasteiger partial charge in [0, 0.05) is 20.1 Å². The van der Waals surface area contributed by atoms with Crippen LogP contribution in [0.25, 0.3) is 0 Å². The second-order valence-electron chi connectivity index (χ2n) is 10.7. The van der Waals surface area contributed by atoms with Gasteiger partial charge in [0.1, 0.15) is 18.0 Å². The van der Waals surface area contributed by atoms with Crippen LogP contribution in [0.3, 0.4) is 0 Å². The Labute approximate surface area is 234 Å². The van der Waals surface area contributed by atoms with Gasteiger partial charge in [-0.05, 0) is 60.6 Å². The van der Waals surface area contributed by atoms with Crippen molar-refractivity contribution in [3.05, 3.63) is 71.8 Å². The lowest BCUT2D eigenvalue weighted by atomic mass is 9.84. The van der Waals surface area contributed by atoms with Gasteiger partial charge in [-0.3, -0.25) is 0 Å². The van der Waals surface area contributed by atoms with Crippen molar-refractivity contribution >= 4 is 9.84 Å². The van der Waals surface area contributed by atoms with Crippen molar-refractivity contribution in [3.63, 3.8) is 0 Å². The molecule has 1 aliphatic heterocycles. The molecule has 3 rings (SSSR count). The standard InChI is InChI=1S/C31H44O7S/c1-21(20-39(32,33)27-11-9-8-10-12-27)17-22(2)28(37-19-25-13-15-26(34-5)16-14-25)30(35-6)29-23(3)18-24(4)31(36-7)38-29/h8-17,21,23-24,28-31H,18-20H2,1-7H3/b22-17+/t21-,23-,24+,28-,29-,30-,31-/m1/s1. The van der Waals surface area contributed by atoms with Gasteiger partial charge in [0.25, 0.3) is 0 Å². The van der Waals surface area contributed by atoms with Crippen molar-refractivity contribution in [3.8, 4) is 5.75 Å². The smallest absolute Gasteiger partial charge is 0.178 e. The zero-order chi connectivity index (χ0) is 28.6.